The van der Waals surface area contributed by atoms with Crippen molar-refractivity contribution in [1.82, 2.24) is 9.47 Å². The number of likely N-dealkylation sites (tertiary alicyclic amines) is 1. The lowest BCUT2D eigenvalue weighted by atomic mass is 10.1. The molecule has 16 heavy (non-hydrogen) atoms. The monoisotopic (exact) mass is 221 g/mol. The second-order valence-electron chi connectivity index (χ2n) is 4.44. The van der Waals surface area contributed by atoms with E-state index in [0.29, 0.717) is 6.04 Å². The van der Waals surface area contributed by atoms with E-state index < -0.39 is 0 Å². The van der Waals surface area contributed by atoms with Crippen LogP contribution in [0.4, 0.5) is 0 Å². The molecule has 0 aromatic carbocycles. The van der Waals surface area contributed by atoms with Crippen LogP contribution in [0.1, 0.15) is 12.8 Å². The molecule has 1 aliphatic rings. The van der Waals surface area contributed by atoms with Crippen LogP contribution >= 0.6 is 0 Å². The molecule has 0 spiro atoms. The van der Waals surface area contributed by atoms with Gasteiger partial charge in [-0.15, -0.1) is 0 Å². The Morgan fingerprint density at radius 3 is 3.00 bits per heavy atom. The molecule has 1 aromatic heterocycles. The maximum absolute atomic E-state index is 11.5. The molecule has 0 amide bonds. The predicted molar refractivity (Wildman–Crippen MR) is 64.4 cm³/mol. The van der Waals surface area contributed by atoms with Gasteiger partial charge in [-0.05, 0) is 25.5 Å². The lowest BCUT2D eigenvalue weighted by molar-refractivity contribution is 0.201. The molecule has 0 radical (unpaired) electrons. The molecule has 1 atom stereocenters. The van der Waals surface area contributed by atoms with Crippen LogP contribution in [0.3, 0.4) is 0 Å². The summed E-state index contributed by atoms with van der Waals surface area (Å²) in [6.07, 6.45) is 4.14. The molecular weight excluding hydrogens is 202 g/mol. The Morgan fingerprint density at radius 2 is 2.25 bits per heavy atom. The molecule has 88 valence electrons. The van der Waals surface area contributed by atoms with Crippen molar-refractivity contribution in [3.63, 3.8) is 0 Å². The zero-order chi connectivity index (χ0) is 11.4. The number of pyridine rings is 1. The van der Waals surface area contributed by atoms with Crippen LogP contribution in [0.25, 0.3) is 0 Å². The summed E-state index contributed by atoms with van der Waals surface area (Å²) in [5.74, 6) is 0. The normalized spacial score (nSPS) is 22.2. The van der Waals surface area contributed by atoms with E-state index in [1.807, 2.05) is 12.3 Å². The first kappa shape index (κ1) is 11.4. The molecular formula is C12H19N3O. The minimum absolute atomic E-state index is 0.0730. The molecule has 0 aliphatic carbocycles. The number of piperidine rings is 1. The van der Waals surface area contributed by atoms with Crippen LogP contribution in [0.5, 0.6) is 0 Å². The van der Waals surface area contributed by atoms with Gasteiger partial charge in [-0.2, -0.15) is 0 Å². The molecule has 4 nitrogen and oxygen atoms in total. The van der Waals surface area contributed by atoms with Gasteiger partial charge in [-0.25, -0.2) is 0 Å². The van der Waals surface area contributed by atoms with Gasteiger partial charge in [-0.1, -0.05) is 6.07 Å². The zero-order valence-corrected chi connectivity index (χ0v) is 9.51. The second kappa shape index (κ2) is 5.27. The van der Waals surface area contributed by atoms with Crippen molar-refractivity contribution in [2.45, 2.75) is 25.4 Å². The first-order valence-electron chi connectivity index (χ1n) is 5.89. The van der Waals surface area contributed by atoms with Gasteiger partial charge in [0.25, 0.3) is 5.56 Å². The highest BCUT2D eigenvalue weighted by Crippen LogP contribution is 2.07. The maximum Gasteiger partial charge on any atom is 0.250 e. The Bertz CT molecular complexity index is 388. The van der Waals surface area contributed by atoms with Crippen molar-refractivity contribution in [2.24, 2.45) is 5.73 Å². The largest absolute Gasteiger partial charge is 0.327 e. The minimum Gasteiger partial charge on any atom is -0.327 e. The fraction of sp³-hybridized carbons (Fsp3) is 0.583. The zero-order valence-electron chi connectivity index (χ0n) is 9.51. The summed E-state index contributed by atoms with van der Waals surface area (Å²) in [6.45, 7) is 3.74. The molecule has 1 unspecified atom stereocenters. The molecule has 1 fully saturated rings. The van der Waals surface area contributed by atoms with E-state index in [0.717, 1.165) is 32.6 Å². The Labute approximate surface area is 95.7 Å². The van der Waals surface area contributed by atoms with E-state index in [-0.39, 0.29) is 5.56 Å². The highest BCUT2D eigenvalue weighted by molar-refractivity contribution is 4.93. The molecule has 4 heteroatoms. The van der Waals surface area contributed by atoms with Crippen molar-refractivity contribution in [2.75, 3.05) is 19.6 Å². The fourth-order valence-electron chi connectivity index (χ4n) is 2.19. The van der Waals surface area contributed by atoms with E-state index in [1.165, 1.54) is 6.42 Å². The molecule has 2 rings (SSSR count). The van der Waals surface area contributed by atoms with Crippen molar-refractivity contribution in [1.29, 1.82) is 0 Å². The van der Waals surface area contributed by atoms with Crippen LogP contribution in [0.2, 0.25) is 0 Å². The van der Waals surface area contributed by atoms with Crippen molar-refractivity contribution in [3.8, 4) is 0 Å². The number of aromatic nitrogens is 1. The Kier molecular flexibility index (Phi) is 3.74. The molecule has 0 bridgehead atoms. The van der Waals surface area contributed by atoms with Crippen molar-refractivity contribution in [3.05, 3.63) is 34.7 Å². The summed E-state index contributed by atoms with van der Waals surface area (Å²) in [5.41, 5.74) is 5.99. The molecule has 2 heterocycles. The number of hydrogen-bond acceptors (Lipinski definition) is 3. The minimum atomic E-state index is 0.0730. The highest BCUT2D eigenvalue weighted by atomic mass is 16.1. The van der Waals surface area contributed by atoms with Crippen LogP contribution in [-0.2, 0) is 6.54 Å². The second-order valence-corrected chi connectivity index (χ2v) is 4.44. The Balaban J connectivity index is 1.87. The number of hydrogen-bond donors (Lipinski definition) is 1. The first-order chi connectivity index (χ1) is 7.75. The van der Waals surface area contributed by atoms with Crippen LogP contribution in [0, 0.1) is 0 Å². The van der Waals surface area contributed by atoms with Gasteiger partial charge in [0.2, 0.25) is 0 Å². The summed E-state index contributed by atoms with van der Waals surface area (Å²) < 4.78 is 1.75. The summed E-state index contributed by atoms with van der Waals surface area (Å²) in [4.78, 5) is 13.8. The smallest absolute Gasteiger partial charge is 0.250 e. The van der Waals surface area contributed by atoms with E-state index >= 15 is 0 Å². The van der Waals surface area contributed by atoms with E-state index in [4.69, 9.17) is 5.73 Å². The molecule has 0 saturated carbocycles. The molecule has 1 aliphatic heterocycles. The quantitative estimate of drug-likeness (QED) is 0.797. The third-order valence-corrected chi connectivity index (χ3v) is 3.10. The van der Waals surface area contributed by atoms with Gasteiger partial charge in [0.15, 0.2) is 0 Å². The summed E-state index contributed by atoms with van der Waals surface area (Å²) in [5, 5.41) is 0. The van der Waals surface area contributed by atoms with Gasteiger partial charge < -0.3 is 15.2 Å². The predicted octanol–water partition coefficient (Wildman–Crippen LogP) is 0.271. The van der Waals surface area contributed by atoms with Gasteiger partial charge >= 0.3 is 0 Å². The number of nitrogens with two attached hydrogens (primary N) is 1. The molecule has 2 N–H and O–H groups in total. The average Bonchev–Trinajstić information content (AvgIpc) is 2.28. The van der Waals surface area contributed by atoms with Gasteiger partial charge in [0.1, 0.15) is 0 Å². The third-order valence-electron chi connectivity index (χ3n) is 3.10. The first-order valence-corrected chi connectivity index (χ1v) is 5.89. The average molecular weight is 221 g/mol. The van der Waals surface area contributed by atoms with Gasteiger partial charge in [0, 0.05) is 37.9 Å². The van der Waals surface area contributed by atoms with Gasteiger partial charge in [-0.3, -0.25) is 4.79 Å². The SMILES string of the molecule is NC1CCCN(CCn2ccccc2=O)C1. The fourth-order valence-corrected chi connectivity index (χ4v) is 2.19. The van der Waals surface area contributed by atoms with Crippen LogP contribution in [0.15, 0.2) is 29.2 Å². The summed E-state index contributed by atoms with van der Waals surface area (Å²) in [6, 6.07) is 5.57. The van der Waals surface area contributed by atoms with Crippen LogP contribution in [-0.4, -0.2) is 35.1 Å². The van der Waals surface area contributed by atoms with Crippen LogP contribution < -0.4 is 11.3 Å². The van der Waals surface area contributed by atoms with Gasteiger partial charge in [0.05, 0.1) is 0 Å². The van der Waals surface area contributed by atoms with E-state index in [9.17, 15) is 4.79 Å². The number of rotatable bonds is 3. The standard InChI is InChI=1S/C12H19N3O/c13-11-4-3-6-14(10-11)8-9-15-7-2-1-5-12(15)16/h1-2,5,7,11H,3-4,6,8-10,13H2. The lowest BCUT2D eigenvalue weighted by Crippen LogP contribution is -2.44. The Morgan fingerprint density at radius 1 is 1.38 bits per heavy atom. The van der Waals surface area contributed by atoms with Crippen molar-refractivity contribution < 1.29 is 0 Å². The Hall–Kier alpha value is -1.13. The number of nitrogens with zero attached hydrogens (tertiary/aromatic N) is 2. The molecule has 1 aromatic rings. The van der Waals surface area contributed by atoms with E-state index in [2.05, 4.69) is 4.90 Å². The summed E-state index contributed by atoms with van der Waals surface area (Å²) in [7, 11) is 0. The maximum atomic E-state index is 11.5. The molecule has 1 saturated heterocycles. The van der Waals surface area contributed by atoms with Crippen molar-refractivity contribution >= 4 is 0 Å². The third kappa shape index (κ3) is 2.93. The highest BCUT2D eigenvalue weighted by Gasteiger charge is 2.15. The topological polar surface area (TPSA) is 51.3 Å². The van der Waals surface area contributed by atoms with E-state index in [1.54, 1.807) is 16.7 Å². The summed E-state index contributed by atoms with van der Waals surface area (Å²) >= 11 is 0. The lowest BCUT2D eigenvalue weighted by Gasteiger charge is -2.30.